The zero-order valence-corrected chi connectivity index (χ0v) is 14.8. The Kier molecular flexibility index (Phi) is 5.81. The highest BCUT2D eigenvalue weighted by atomic mass is 16.2. The summed E-state index contributed by atoms with van der Waals surface area (Å²) >= 11 is 0. The largest absolute Gasteiger partial charge is 0.328 e. The molecule has 0 amide bonds. The molecule has 1 aliphatic rings. The SMILES string of the molecule is Cn1c(=O)[nH]cc(CCN2CCCCC2CCc2ccccn2)c1=O. The summed E-state index contributed by atoms with van der Waals surface area (Å²) in [5, 5.41) is 0. The molecule has 3 rings (SSSR count). The molecule has 6 heteroatoms. The number of piperidine rings is 1. The van der Waals surface area contributed by atoms with Crippen LogP contribution in [0.25, 0.3) is 0 Å². The van der Waals surface area contributed by atoms with E-state index in [1.165, 1.54) is 26.3 Å². The van der Waals surface area contributed by atoms with Gasteiger partial charge in [0.25, 0.3) is 5.56 Å². The number of hydrogen-bond donors (Lipinski definition) is 1. The fourth-order valence-corrected chi connectivity index (χ4v) is 3.60. The van der Waals surface area contributed by atoms with Crippen LogP contribution in [0, 0.1) is 0 Å². The fourth-order valence-electron chi connectivity index (χ4n) is 3.60. The van der Waals surface area contributed by atoms with Gasteiger partial charge in [-0.25, -0.2) is 4.79 Å². The van der Waals surface area contributed by atoms with Crippen molar-refractivity contribution in [3.05, 3.63) is 62.7 Å². The summed E-state index contributed by atoms with van der Waals surface area (Å²) in [6, 6.07) is 6.60. The van der Waals surface area contributed by atoms with Gasteiger partial charge in [0.05, 0.1) is 0 Å². The second-order valence-corrected chi connectivity index (χ2v) is 6.78. The third-order valence-electron chi connectivity index (χ3n) is 5.13. The van der Waals surface area contributed by atoms with Crippen molar-refractivity contribution in [1.82, 2.24) is 19.4 Å². The molecular formula is C19H26N4O2. The molecule has 0 bridgehead atoms. The number of aromatic amines is 1. The molecule has 6 nitrogen and oxygen atoms in total. The smallest absolute Gasteiger partial charge is 0.314 e. The third-order valence-corrected chi connectivity index (χ3v) is 5.13. The summed E-state index contributed by atoms with van der Waals surface area (Å²) in [6.07, 6.45) is 9.86. The second-order valence-electron chi connectivity index (χ2n) is 6.78. The number of likely N-dealkylation sites (tertiary alicyclic amines) is 1. The number of H-pyrrole nitrogens is 1. The lowest BCUT2D eigenvalue weighted by Crippen LogP contribution is -2.42. The number of nitrogens with zero attached hydrogens (tertiary/aromatic N) is 3. The lowest BCUT2D eigenvalue weighted by Gasteiger charge is -2.35. The van der Waals surface area contributed by atoms with Gasteiger partial charge in [-0.05, 0) is 50.8 Å². The van der Waals surface area contributed by atoms with Crippen LogP contribution in [-0.2, 0) is 19.9 Å². The van der Waals surface area contributed by atoms with E-state index in [2.05, 4.69) is 20.9 Å². The highest BCUT2D eigenvalue weighted by Crippen LogP contribution is 2.21. The first-order valence-corrected chi connectivity index (χ1v) is 9.06. The van der Waals surface area contributed by atoms with Crippen LogP contribution < -0.4 is 11.2 Å². The molecule has 134 valence electrons. The molecule has 0 aromatic carbocycles. The van der Waals surface area contributed by atoms with Gasteiger partial charge in [0.1, 0.15) is 0 Å². The molecule has 25 heavy (non-hydrogen) atoms. The van der Waals surface area contributed by atoms with Gasteiger partial charge in [-0.3, -0.25) is 14.3 Å². The van der Waals surface area contributed by atoms with Crippen molar-refractivity contribution in [3.63, 3.8) is 0 Å². The minimum atomic E-state index is -0.361. The lowest BCUT2D eigenvalue weighted by atomic mass is 9.96. The van der Waals surface area contributed by atoms with Crippen molar-refractivity contribution < 1.29 is 0 Å². The van der Waals surface area contributed by atoms with Gasteiger partial charge in [-0.2, -0.15) is 0 Å². The zero-order valence-electron chi connectivity index (χ0n) is 14.8. The van der Waals surface area contributed by atoms with Crippen molar-refractivity contribution >= 4 is 0 Å². The summed E-state index contributed by atoms with van der Waals surface area (Å²) in [4.78, 5) is 33.2. The Hall–Kier alpha value is -2.21. The molecule has 1 unspecified atom stereocenters. The van der Waals surface area contributed by atoms with Crippen molar-refractivity contribution in [3.8, 4) is 0 Å². The van der Waals surface area contributed by atoms with E-state index in [1.54, 1.807) is 6.20 Å². The van der Waals surface area contributed by atoms with Gasteiger partial charge in [-0.1, -0.05) is 12.5 Å². The van der Waals surface area contributed by atoms with E-state index in [0.717, 1.165) is 36.2 Å². The van der Waals surface area contributed by atoms with Crippen LogP contribution in [0.3, 0.4) is 0 Å². The molecular weight excluding hydrogens is 316 g/mol. The third kappa shape index (κ3) is 4.45. The molecule has 1 N–H and O–H groups in total. The van der Waals surface area contributed by atoms with Crippen molar-refractivity contribution in [2.45, 2.75) is 44.6 Å². The van der Waals surface area contributed by atoms with Crippen molar-refractivity contribution in [1.29, 1.82) is 0 Å². The van der Waals surface area contributed by atoms with Gasteiger partial charge in [0.15, 0.2) is 0 Å². The summed E-state index contributed by atoms with van der Waals surface area (Å²) in [6.45, 7) is 1.94. The number of aromatic nitrogens is 3. The Morgan fingerprint density at radius 1 is 1.24 bits per heavy atom. The van der Waals surface area contributed by atoms with E-state index < -0.39 is 0 Å². The van der Waals surface area contributed by atoms with E-state index in [-0.39, 0.29) is 11.2 Å². The molecule has 1 saturated heterocycles. The molecule has 0 aliphatic carbocycles. The Morgan fingerprint density at radius 2 is 2.12 bits per heavy atom. The Labute approximate surface area is 147 Å². The molecule has 0 saturated carbocycles. The molecule has 1 fully saturated rings. The Bertz CT molecular complexity index is 797. The number of rotatable bonds is 6. The first-order valence-electron chi connectivity index (χ1n) is 9.06. The molecule has 1 atom stereocenters. The molecule has 1 aliphatic heterocycles. The first-order chi connectivity index (χ1) is 12.1. The van der Waals surface area contributed by atoms with Gasteiger partial charge < -0.3 is 9.88 Å². The zero-order chi connectivity index (χ0) is 17.6. The quantitative estimate of drug-likeness (QED) is 0.864. The van der Waals surface area contributed by atoms with Gasteiger partial charge in [-0.15, -0.1) is 0 Å². The van der Waals surface area contributed by atoms with Crippen LogP contribution >= 0.6 is 0 Å². The molecule has 3 heterocycles. The fraction of sp³-hybridized carbons (Fsp3) is 0.526. The molecule has 0 spiro atoms. The van der Waals surface area contributed by atoms with E-state index in [9.17, 15) is 9.59 Å². The van der Waals surface area contributed by atoms with Crippen molar-refractivity contribution in [2.75, 3.05) is 13.1 Å². The molecule has 2 aromatic rings. The Morgan fingerprint density at radius 3 is 2.92 bits per heavy atom. The number of pyridine rings is 1. The van der Waals surface area contributed by atoms with Crippen LogP contribution in [0.4, 0.5) is 0 Å². The first kappa shape index (κ1) is 17.6. The highest BCUT2D eigenvalue weighted by molar-refractivity contribution is 5.06. The average molecular weight is 342 g/mol. The van der Waals surface area contributed by atoms with Crippen LogP contribution in [0.2, 0.25) is 0 Å². The molecule has 0 radical (unpaired) electrons. The summed E-state index contributed by atoms with van der Waals surface area (Å²) < 4.78 is 1.14. The van der Waals surface area contributed by atoms with Gasteiger partial charge in [0.2, 0.25) is 0 Å². The van der Waals surface area contributed by atoms with Crippen LogP contribution in [0.5, 0.6) is 0 Å². The predicted octanol–water partition coefficient (Wildman–Crippen LogP) is 1.50. The topological polar surface area (TPSA) is 71.0 Å². The maximum atomic E-state index is 12.2. The van der Waals surface area contributed by atoms with Gasteiger partial charge >= 0.3 is 5.69 Å². The van der Waals surface area contributed by atoms with Crippen molar-refractivity contribution in [2.24, 2.45) is 7.05 Å². The predicted molar refractivity (Wildman–Crippen MR) is 97.8 cm³/mol. The number of aryl methyl sites for hydroxylation is 1. The maximum Gasteiger partial charge on any atom is 0.328 e. The van der Waals surface area contributed by atoms with E-state index in [1.807, 2.05) is 18.3 Å². The maximum absolute atomic E-state index is 12.2. The minimum Gasteiger partial charge on any atom is -0.314 e. The Balaban J connectivity index is 1.60. The van der Waals surface area contributed by atoms with E-state index in [0.29, 0.717) is 18.0 Å². The number of nitrogens with one attached hydrogen (secondary N) is 1. The van der Waals surface area contributed by atoms with Gasteiger partial charge in [0, 0.05) is 43.3 Å². The molecule has 2 aromatic heterocycles. The van der Waals surface area contributed by atoms with Crippen LogP contribution in [-0.4, -0.2) is 38.6 Å². The van der Waals surface area contributed by atoms with E-state index in [4.69, 9.17) is 0 Å². The van der Waals surface area contributed by atoms with Crippen LogP contribution in [0.1, 0.15) is 36.9 Å². The monoisotopic (exact) mass is 342 g/mol. The number of hydrogen-bond acceptors (Lipinski definition) is 4. The minimum absolute atomic E-state index is 0.189. The van der Waals surface area contributed by atoms with E-state index >= 15 is 0 Å². The summed E-state index contributed by atoms with van der Waals surface area (Å²) in [5.41, 5.74) is 1.27. The highest BCUT2D eigenvalue weighted by Gasteiger charge is 2.22. The standard InChI is InChI=1S/C19H26N4O2/c1-22-18(24)15(14-21-19(22)25)10-13-23-12-5-3-7-17(23)9-8-16-6-2-4-11-20-16/h2,4,6,11,14,17H,3,5,7-10,12-13H2,1H3,(H,21,25). The lowest BCUT2D eigenvalue weighted by molar-refractivity contribution is 0.141. The summed E-state index contributed by atoms with van der Waals surface area (Å²) in [5.74, 6) is 0. The second kappa shape index (κ2) is 8.25. The van der Waals surface area contributed by atoms with Crippen LogP contribution in [0.15, 0.2) is 40.2 Å². The normalized spacial score (nSPS) is 18.4. The summed E-state index contributed by atoms with van der Waals surface area (Å²) in [7, 11) is 1.52. The average Bonchev–Trinajstić information content (AvgIpc) is 2.65.